The number of amides is 2. The Balaban J connectivity index is 0.00000320. The Labute approximate surface area is 226 Å². The van der Waals surface area contributed by atoms with Crippen LogP contribution in [0.4, 0.5) is 0 Å². The topological polar surface area (TPSA) is 68.4 Å². The number of halogens is 1. The molecule has 1 atom stereocenters. The van der Waals surface area contributed by atoms with Gasteiger partial charge in [-0.15, -0.1) is 12.4 Å². The summed E-state index contributed by atoms with van der Waals surface area (Å²) >= 11 is 0. The van der Waals surface area contributed by atoms with Crippen LogP contribution in [0, 0.1) is 18.8 Å². The second kappa shape index (κ2) is 12.1. The molecule has 3 heterocycles. The van der Waals surface area contributed by atoms with E-state index < -0.39 is 6.04 Å². The van der Waals surface area contributed by atoms with E-state index in [9.17, 15) is 9.59 Å². The van der Waals surface area contributed by atoms with Crippen LogP contribution in [0.1, 0.15) is 47.2 Å². The van der Waals surface area contributed by atoms with Gasteiger partial charge in [-0.05, 0) is 87.8 Å². The highest BCUT2D eigenvalue weighted by Gasteiger charge is 2.33. The van der Waals surface area contributed by atoms with E-state index in [0.29, 0.717) is 17.9 Å². The largest absolute Gasteiger partial charge is 0.361 e. The molecule has 198 valence electrons. The van der Waals surface area contributed by atoms with Crippen LogP contribution in [0.15, 0.2) is 54.7 Å². The average Bonchev–Trinajstić information content (AvgIpc) is 3.29. The number of nitrogens with one attached hydrogen (secondary N) is 2. The number of carbonyl (C=O) groups is 2. The minimum absolute atomic E-state index is 0. The van der Waals surface area contributed by atoms with Gasteiger partial charge in [0, 0.05) is 42.2 Å². The van der Waals surface area contributed by atoms with Gasteiger partial charge in [0.25, 0.3) is 5.91 Å². The number of fused-ring (bicyclic) bond motifs is 1. The third-order valence-corrected chi connectivity index (χ3v) is 8.32. The highest BCUT2D eigenvalue weighted by atomic mass is 35.5. The van der Waals surface area contributed by atoms with E-state index in [2.05, 4.69) is 22.2 Å². The second-order valence-electron chi connectivity index (χ2n) is 10.8. The number of rotatable bonds is 6. The third-order valence-electron chi connectivity index (χ3n) is 8.32. The zero-order valence-electron chi connectivity index (χ0n) is 21.9. The minimum Gasteiger partial charge on any atom is -0.361 e. The molecule has 2 amide bonds. The van der Waals surface area contributed by atoms with E-state index in [-0.39, 0.29) is 24.2 Å². The third kappa shape index (κ3) is 6.36. The molecule has 2 aliphatic heterocycles. The quantitative estimate of drug-likeness (QED) is 0.487. The van der Waals surface area contributed by atoms with Crippen molar-refractivity contribution in [2.45, 2.75) is 45.1 Å². The molecular weight excluding hydrogens is 484 g/mol. The van der Waals surface area contributed by atoms with Crippen LogP contribution in [0.3, 0.4) is 0 Å². The standard InChI is InChI=1S/C30H38N4O2.ClH/c1-21-20-31-27-19-25(8-9-26(21)27)29(35)32-28(18-22-6-4-3-5-7-22)30(36)34-16-12-24(13-17-34)23-10-14-33(2)15-11-23;/h3-9,19-20,23-24,28,31H,10-18H2,1-2H3,(H,32,35);1H/t28-;/m1./s1. The summed E-state index contributed by atoms with van der Waals surface area (Å²) in [7, 11) is 2.20. The van der Waals surface area contributed by atoms with Crippen molar-refractivity contribution >= 4 is 35.1 Å². The first-order chi connectivity index (χ1) is 17.5. The normalized spacial score (nSPS) is 18.4. The predicted molar refractivity (Wildman–Crippen MR) is 151 cm³/mol. The Bertz CT molecular complexity index is 1190. The summed E-state index contributed by atoms with van der Waals surface area (Å²) in [6.07, 6.45) is 7.11. The number of benzene rings is 2. The number of H-pyrrole nitrogens is 1. The maximum atomic E-state index is 13.7. The van der Waals surface area contributed by atoms with Gasteiger partial charge in [0.1, 0.15) is 6.04 Å². The lowest BCUT2D eigenvalue weighted by Gasteiger charge is -2.40. The second-order valence-corrected chi connectivity index (χ2v) is 10.8. The number of nitrogens with zero attached hydrogens (tertiary/aromatic N) is 2. The summed E-state index contributed by atoms with van der Waals surface area (Å²) in [5.41, 5.74) is 3.70. The van der Waals surface area contributed by atoms with E-state index in [1.807, 2.05) is 66.6 Å². The fourth-order valence-electron chi connectivity index (χ4n) is 6.02. The number of aryl methyl sites for hydroxylation is 1. The van der Waals surface area contributed by atoms with Gasteiger partial charge < -0.3 is 20.1 Å². The summed E-state index contributed by atoms with van der Waals surface area (Å²) < 4.78 is 0. The first-order valence-corrected chi connectivity index (χ1v) is 13.4. The molecule has 2 saturated heterocycles. The Morgan fingerprint density at radius 3 is 2.30 bits per heavy atom. The summed E-state index contributed by atoms with van der Waals surface area (Å²) in [5.74, 6) is 1.32. The molecule has 2 aliphatic rings. The van der Waals surface area contributed by atoms with Crippen molar-refractivity contribution in [3.63, 3.8) is 0 Å². The number of hydrogen-bond donors (Lipinski definition) is 2. The molecule has 1 aromatic heterocycles. The van der Waals surface area contributed by atoms with Crippen molar-refractivity contribution in [2.75, 3.05) is 33.2 Å². The zero-order chi connectivity index (χ0) is 25.1. The maximum absolute atomic E-state index is 13.7. The fourth-order valence-corrected chi connectivity index (χ4v) is 6.02. The van der Waals surface area contributed by atoms with Gasteiger partial charge in [-0.2, -0.15) is 0 Å². The SMILES string of the molecule is Cc1c[nH]c2cc(C(=O)N[C@H](Cc3ccccc3)C(=O)N3CCC(C4CCN(C)CC4)CC3)ccc12.Cl. The lowest BCUT2D eigenvalue weighted by Crippen LogP contribution is -2.52. The molecule has 2 aromatic carbocycles. The van der Waals surface area contributed by atoms with Gasteiger partial charge in [-0.3, -0.25) is 9.59 Å². The first kappa shape index (κ1) is 27.2. The molecule has 0 bridgehead atoms. The number of carbonyl (C=O) groups excluding carboxylic acids is 2. The highest BCUT2D eigenvalue weighted by molar-refractivity contribution is 6.00. The van der Waals surface area contributed by atoms with Gasteiger partial charge in [0.2, 0.25) is 5.91 Å². The number of aromatic amines is 1. The van der Waals surface area contributed by atoms with E-state index in [1.54, 1.807) is 0 Å². The Hall–Kier alpha value is -2.83. The number of likely N-dealkylation sites (tertiary alicyclic amines) is 2. The molecule has 0 radical (unpaired) electrons. The van der Waals surface area contributed by atoms with Crippen molar-refractivity contribution in [1.82, 2.24) is 20.1 Å². The van der Waals surface area contributed by atoms with Crippen LogP contribution >= 0.6 is 12.4 Å². The Morgan fingerprint density at radius 2 is 1.62 bits per heavy atom. The zero-order valence-corrected chi connectivity index (χ0v) is 22.7. The molecule has 0 aliphatic carbocycles. The molecular formula is C30H39ClN4O2. The van der Waals surface area contributed by atoms with Gasteiger partial charge in [0.05, 0.1) is 0 Å². The lowest BCUT2D eigenvalue weighted by atomic mass is 9.79. The first-order valence-electron chi connectivity index (χ1n) is 13.4. The van der Waals surface area contributed by atoms with Crippen molar-refractivity contribution in [3.8, 4) is 0 Å². The van der Waals surface area contributed by atoms with Crippen LogP contribution in [0.5, 0.6) is 0 Å². The van der Waals surface area contributed by atoms with Gasteiger partial charge in [-0.1, -0.05) is 36.4 Å². The predicted octanol–water partition coefficient (Wildman–Crippen LogP) is 4.82. The minimum atomic E-state index is -0.583. The maximum Gasteiger partial charge on any atom is 0.252 e. The fraction of sp³-hybridized carbons (Fsp3) is 0.467. The Morgan fingerprint density at radius 1 is 0.973 bits per heavy atom. The van der Waals surface area contributed by atoms with Crippen LogP contribution in [0.2, 0.25) is 0 Å². The molecule has 0 unspecified atom stereocenters. The molecule has 0 saturated carbocycles. The smallest absolute Gasteiger partial charge is 0.252 e. The number of aromatic nitrogens is 1. The van der Waals surface area contributed by atoms with Crippen molar-refractivity contribution < 1.29 is 9.59 Å². The van der Waals surface area contributed by atoms with Gasteiger partial charge in [0.15, 0.2) is 0 Å². The lowest BCUT2D eigenvalue weighted by molar-refractivity contribution is -0.135. The van der Waals surface area contributed by atoms with E-state index in [4.69, 9.17) is 0 Å². The van der Waals surface area contributed by atoms with Crippen molar-refractivity contribution in [2.24, 2.45) is 11.8 Å². The van der Waals surface area contributed by atoms with E-state index in [0.717, 1.165) is 53.9 Å². The Kier molecular flexibility index (Phi) is 8.93. The molecule has 5 rings (SSSR count). The number of hydrogen-bond acceptors (Lipinski definition) is 3. The summed E-state index contributed by atoms with van der Waals surface area (Å²) in [4.78, 5) is 34.6. The van der Waals surface area contributed by atoms with Gasteiger partial charge in [-0.25, -0.2) is 0 Å². The van der Waals surface area contributed by atoms with E-state index in [1.165, 1.54) is 25.9 Å². The molecule has 2 fully saturated rings. The van der Waals surface area contributed by atoms with Gasteiger partial charge >= 0.3 is 0 Å². The molecule has 3 aromatic rings. The molecule has 6 nitrogen and oxygen atoms in total. The van der Waals surface area contributed by atoms with Crippen LogP contribution in [0.25, 0.3) is 10.9 Å². The van der Waals surface area contributed by atoms with Crippen molar-refractivity contribution in [1.29, 1.82) is 0 Å². The average molecular weight is 523 g/mol. The highest BCUT2D eigenvalue weighted by Crippen LogP contribution is 2.32. The summed E-state index contributed by atoms with van der Waals surface area (Å²) in [5, 5.41) is 4.19. The monoisotopic (exact) mass is 522 g/mol. The summed E-state index contributed by atoms with van der Waals surface area (Å²) in [6, 6.07) is 15.1. The van der Waals surface area contributed by atoms with Crippen molar-refractivity contribution in [3.05, 3.63) is 71.4 Å². The van der Waals surface area contributed by atoms with E-state index >= 15 is 0 Å². The molecule has 37 heavy (non-hydrogen) atoms. The molecule has 0 spiro atoms. The summed E-state index contributed by atoms with van der Waals surface area (Å²) in [6.45, 7) is 5.98. The molecule has 7 heteroatoms. The van der Waals surface area contributed by atoms with Crippen LogP contribution < -0.4 is 5.32 Å². The molecule has 2 N–H and O–H groups in total. The van der Waals surface area contributed by atoms with Crippen LogP contribution in [-0.4, -0.2) is 65.9 Å². The van der Waals surface area contributed by atoms with Crippen LogP contribution in [-0.2, 0) is 11.2 Å². The number of piperidine rings is 2.